The molecule has 3 atom stereocenters. The molecule has 3 aliphatic rings. The quantitative estimate of drug-likeness (QED) is 0.861. The van der Waals surface area contributed by atoms with Gasteiger partial charge in [0.05, 0.1) is 6.04 Å². The highest BCUT2D eigenvalue weighted by Gasteiger charge is 2.35. The number of aryl methyl sites for hydroxylation is 1. The molecule has 0 aliphatic carbocycles. The molecular formula is C19H31N5O2. The molecule has 1 aromatic heterocycles. The summed E-state index contributed by atoms with van der Waals surface area (Å²) in [5, 5.41) is 7.65. The molecule has 1 amide bonds. The van der Waals surface area contributed by atoms with Crippen LogP contribution in [0.3, 0.4) is 0 Å². The van der Waals surface area contributed by atoms with Gasteiger partial charge in [-0.1, -0.05) is 12.1 Å². The van der Waals surface area contributed by atoms with Gasteiger partial charge in [-0.05, 0) is 38.5 Å². The van der Waals surface area contributed by atoms with Gasteiger partial charge in [-0.2, -0.15) is 4.98 Å². The molecule has 2 bridgehead atoms. The van der Waals surface area contributed by atoms with Crippen molar-refractivity contribution < 1.29 is 9.32 Å². The molecule has 3 fully saturated rings. The monoisotopic (exact) mass is 361 g/mol. The van der Waals surface area contributed by atoms with Crippen molar-refractivity contribution in [2.75, 3.05) is 26.2 Å². The van der Waals surface area contributed by atoms with E-state index in [1.165, 1.54) is 25.7 Å². The van der Waals surface area contributed by atoms with Gasteiger partial charge < -0.3 is 14.7 Å². The Bertz CT molecular complexity index is 613. The van der Waals surface area contributed by atoms with Crippen LogP contribution >= 0.6 is 0 Å². The Balaban J connectivity index is 1.25. The van der Waals surface area contributed by atoms with Crippen LogP contribution in [0, 0.1) is 5.92 Å². The molecule has 0 aromatic carbocycles. The largest absolute Gasteiger partial charge is 0.340 e. The number of carbonyl (C=O) groups excluding carboxylic acids is 1. The maximum absolute atomic E-state index is 12.7. The first-order chi connectivity index (χ1) is 12.6. The molecule has 0 radical (unpaired) electrons. The van der Waals surface area contributed by atoms with E-state index in [2.05, 4.69) is 32.2 Å². The molecule has 7 nitrogen and oxygen atoms in total. The Morgan fingerprint density at radius 3 is 2.54 bits per heavy atom. The van der Waals surface area contributed by atoms with Crippen LogP contribution in [-0.4, -0.2) is 64.1 Å². The Morgan fingerprint density at radius 2 is 1.92 bits per heavy atom. The van der Waals surface area contributed by atoms with Gasteiger partial charge in [0, 0.05) is 51.1 Å². The number of nitrogens with zero attached hydrogens (tertiary/aromatic N) is 4. The zero-order valence-electron chi connectivity index (χ0n) is 16.0. The maximum atomic E-state index is 12.7. The number of carbonyl (C=O) groups is 1. The lowest BCUT2D eigenvalue weighted by Crippen LogP contribution is -2.50. The van der Waals surface area contributed by atoms with Crippen LogP contribution in [0.1, 0.15) is 63.7 Å². The van der Waals surface area contributed by atoms with E-state index in [-0.39, 0.29) is 6.04 Å². The minimum atomic E-state index is 0.111. The van der Waals surface area contributed by atoms with Crippen LogP contribution in [0.15, 0.2) is 4.52 Å². The van der Waals surface area contributed by atoms with Gasteiger partial charge in [0.2, 0.25) is 11.8 Å². The molecule has 26 heavy (non-hydrogen) atoms. The van der Waals surface area contributed by atoms with Crippen LogP contribution in [-0.2, 0) is 11.2 Å². The molecule has 0 saturated carbocycles. The average molecular weight is 361 g/mol. The molecule has 4 rings (SSSR count). The number of fused-ring (bicyclic) bond motifs is 2. The number of hydrogen-bond donors (Lipinski definition) is 1. The second kappa shape index (κ2) is 7.64. The van der Waals surface area contributed by atoms with Crippen molar-refractivity contribution in [3.05, 3.63) is 11.7 Å². The predicted octanol–water partition coefficient (Wildman–Crippen LogP) is 1.76. The number of piperazine rings is 1. The van der Waals surface area contributed by atoms with Gasteiger partial charge in [-0.15, -0.1) is 0 Å². The van der Waals surface area contributed by atoms with Crippen molar-refractivity contribution in [3.63, 3.8) is 0 Å². The highest BCUT2D eigenvalue weighted by Crippen LogP contribution is 2.33. The fraction of sp³-hybridized carbons (Fsp3) is 0.842. The molecule has 1 N–H and O–H groups in total. The minimum Gasteiger partial charge on any atom is -0.340 e. The summed E-state index contributed by atoms with van der Waals surface area (Å²) in [7, 11) is 0. The Labute approximate surface area is 155 Å². The second-order valence-electron chi connectivity index (χ2n) is 8.17. The number of amides is 1. The SMILES string of the molecule is CCc1noc(C(C)N2CCN(C(=O)CC3CC4CCC(C3)N4)CC2)n1. The third kappa shape index (κ3) is 3.78. The van der Waals surface area contributed by atoms with Crippen molar-refractivity contribution in [3.8, 4) is 0 Å². The number of rotatable bonds is 5. The standard InChI is InChI=1S/C19H31N5O2/c1-3-17-21-19(26-22-17)13(2)23-6-8-24(9-7-23)18(25)12-14-10-15-4-5-16(11-14)20-15/h13-16,20H,3-12H2,1-2H3. The summed E-state index contributed by atoms with van der Waals surface area (Å²) in [6, 6.07) is 1.43. The smallest absolute Gasteiger partial charge is 0.243 e. The lowest BCUT2D eigenvalue weighted by molar-refractivity contribution is -0.134. The summed E-state index contributed by atoms with van der Waals surface area (Å²) in [6.45, 7) is 7.47. The van der Waals surface area contributed by atoms with Crippen LogP contribution in [0.2, 0.25) is 0 Å². The fourth-order valence-electron chi connectivity index (χ4n) is 4.81. The van der Waals surface area contributed by atoms with E-state index in [1.807, 2.05) is 6.92 Å². The fourth-order valence-corrected chi connectivity index (χ4v) is 4.81. The summed E-state index contributed by atoms with van der Waals surface area (Å²) < 4.78 is 5.38. The summed E-state index contributed by atoms with van der Waals surface area (Å²) in [6.07, 6.45) is 6.46. The Hall–Kier alpha value is -1.47. The van der Waals surface area contributed by atoms with Crippen molar-refractivity contribution >= 4 is 5.91 Å². The molecule has 3 saturated heterocycles. The maximum Gasteiger partial charge on any atom is 0.243 e. The van der Waals surface area contributed by atoms with E-state index in [9.17, 15) is 4.79 Å². The molecule has 3 unspecified atom stereocenters. The highest BCUT2D eigenvalue weighted by atomic mass is 16.5. The minimum absolute atomic E-state index is 0.111. The molecule has 144 valence electrons. The van der Waals surface area contributed by atoms with Crippen LogP contribution in [0.5, 0.6) is 0 Å². The first-order valence-corrected chi connectivity index (χ1v) is 10.2. The first kappa shape index (κ1) is 17.9. The highest BCUT2D eigenvalue weighted by molar-refractivity contribution is 5.76. The number of aromatic nitrogens is 2. The van der Waals surface area contributed by atoms with E-state index in [0.29, 0.717) is 29.8 Å². The van der Waals surface area contributed by atoms with Gasteiger partial charge in [0.1, 0.15) is 0 Å². The number of nitrogens with one attached hydrogen (secondary N) is 1. The van der Waals surface area contributed by atoms with Crippen LogP contribution in [0.25, 0.3) is 0 Å². The van der Waals surface area contributed by atoms with Crippen molar-refractivity contribution in [2.24, 2.45) is 5.92 Å². The van der Waals surface area contributed by atoms with E-state index in [1.54, 1.807) is 0 Å². The predicted molar refractivity (Wildman–Crippen MR) is 97.5 cm³/mol. The second-order valence-corrected chi connectivity index (χ2v) is 8.17. The molecule has 0 spiro atoms. The van der Waals surface area contributed by atoms with Crippen LogP contribution < -0.4 is 5.32 Å². The Kier molecular flexibility index (Phi) is 5.27. The topological polar surface area (TPSA) is 74.5 Å². The van der Waals surface area contributed by atoms with Gasteiger partial charge >= 0.3 is 0 Å². The molecule has 3 aliphatic heterocycles. The molecule has 1 aromatic rings. The summed E-state index contributed by atoms with van der Waals surface area (Å²) in [4.78, 5) is 21.6. The number of hydrogen-bond acceptors (Lipinski definition) is 6. The van der Waals surface area contributed by atoms with E-state index in [0.717, 1.165) is 44.8 Å². The van der Waals surface area contributed by atoms with E-state index >= 15 is 0 Å². The van der Waals surface area contributed by atoms with E-state index in [4.69, 9.17) is 4.52 Å². The average Bonchev–Trinajstić information content (AvgIpc) is 3.27. The molecule has 4 heterocycles. The van der Waals surface area contributed by atoms with Gasteiger partial charge in [-0.25, -0.2) is 0 Å². The zero-order chi connectivity index (χ0) is 18.1. The van der Waals surface area contributed by atoms with Gasteiger partial charge in [0.25, 0.3) is 0 Å². The third-order valence-electron chi connectivity index (χ3n) is 6.41. The van der Waals surface area contributed by atoms with E-state index < -0.39 is 0 Å². The lowest BCUT2D eigenvalue weighted by atomic mass is 9.89. The normalized spacial score (nSPS) is 30.5. The summed E-state index contributed by atoms with van der Waals surface area (Å²) >= 11 is 0. The first-order valence-electron chi connectivity index (χ1n) is 10.2. The number of piperidine rings is 1. The lowest BCUT2D eigenvalue weighted by Gasteiger charge is -2.38. The van der Waals surface area contributed by atoms with Gasteiger partial charge in [-0.3, -0.25) is 9.69 Å². The van der Waals surface area contributed by atoms with Gasteiger partial charge in [0.15, 0.2) is 5.82 Å². The van der Waals surface area contributed by atoms with Crippen molar-refractivity contribution in [1.29, 1.82) is 0 Å². The Morgan fingerprint density at radius 1 is 1.23 bits per heavy atom. The summed E-state index contributed by atoms with van der Waals surface area (Å²) in [5.41, 5.74) is 0. The summed E-state index contributed by atoms with van der Waals surface area (Å²) in [5.74, 6) is 2.36. The van der Waals surface area contributed by atoms with Crippen LogP contribution in [0.4, 0.5) is 0 Å². The zero-order valence-corrected chi connectivity index (χ0v) is 16.0. The van der Waals surface area contributed by atoms with Crippen molar-refractivity contribution in [1.82, 2.24) is 25.3 Å². The molecule has 7 heteroatoms. The molecular weight excluding hydrogens is 330 g/mol. The third-order valence-corrected chi connectivity index (χ3v) is 6.41. The van der Waals surface area contributed by atoms with Crippen molar-refractivity contribution in [2.45, 2.75) is 70.5 Å².